The maximum atomic E-state index is 13.1. The Morgan fingerprint density at radius 2 is 1.83 bits per heavy atom. The van der Waals surface area contributed by atoms with Gasteiger partial charge in [0.25, 0.3) is 23.4 Å². The molecular formula is C23H12ClN3O6S2. The molecular weight excluding hydrogens is 514 g/mol. The van der Waals surface area contributed by atoms with E-state index in [1.807, 2.05) is 19.1 Å². The molecule has 174 valence electrons. The minimum absolute atomic E-state index is 0.0736. The van der Waals surface area contributed by atoms with Crippen LogP contribution in [0, 0.1) is 17.0 Å². The van der Waals surface area contributed by atoms with Gasteiger partial charge >= 0.3 is 0 Å². The molecule has 0 spiro atoms. The first-order valence-electron chi connectivity index (χ1n) is 9.98. The van der Waals surface area contributed by atoms with Crippen LogP contribution in [0.25, 0.3) is 17.4 Å². The van der Waals surface area contributed by atoms with E-state index in [0.29, 0.717) is 21.6 Å². The molecule has 1 aromatic heterocycles. The first kappa shape index (κ1) is 23.0. The van der Waals surface area contributed by atoms with Gasteiger partial charge in [0.05, 0.1) is 15.4 Å². The van der Waals surface area contributed by atoms with Crippen LogP contribution in [0.5, 0.6) is 0 Å². The summed E-state index contributed by atoms with van der Waals surface area (Å²) in [5, 5.41) is 13.2. The molecule has 2 aliphatic heterocycles. The number of aryl methyl sites for hydroxylation is 1. The lowest BCUT2D eigenvalue weighted by molar-refractivity contribution is -0.385. The van der Waals surface area contributed by atoms with E-state index in [1.165, 1.54) is 18.2 Å². The Bertz CT molecular complexity index is 1530. The van der Waals surface area contributed by atoms with Gasteiger partial charge in [0, 0.05) is 22.7 Å². The fourth-order valence-corrected chi connectivity index (χ4v) is 5.08. The second kappa shape index (κ2) is 8.45. The molecule has 0 unspecified atom stereocenters. The number of fused-ring (bicyclic) bond motifs is 1. The smallest absolute Gasteiger partial charge is 0.288 e. The normalized spacial score (nSPS) is 16.6. The summed E-state index contributed by atoms with van der Waals surface area (Å²) in [6, 6.07) is 12.6. The summed E-state index contributed by atoms with van der Waals surface area (Å²) < 4.78 is 5.75. The number of rotatable bonds is 4. The van der Waals surface area contributed by atoms with Gasteiger partial charge in [-0.2, -0.15) is 10.0 Å². The summed E-state index contributed by atoms with van der Waals surface area (Å²) >= 11 is 12.3. The number of thiocarbonyl (C=S) groups is 1. The van der Waals surface area contributed by atoms with E-state index in [4.69, 9.17) is 28.2 Å². The van der Waals surface area contributed by atoms with Crippen LogP contribution in [0.1, 0.15) is 32.0 Å². The van der Waals surface area contributed by atoms with E-state index in [9.17, 15) is 24.5 Å². The highest BCUT2D eigenvalue weighted by molar-refractivity contribution is 8.26. The van der Waals surface area contributed by atoms with Crippen LogP contribution in [0.15, 0.2) is 57.9 Å². The average Bonchev–Trinajstić information content (AvgIpc) is 3.47. The number of nitro groups is 1. The second-order valence-corrected chi connectivity index (χ2v) is 9.62. The lowest BCUT2D eigenvalue weighted by Crippen LogP contribution is -2.48. The summed E-state index contributed by atoms with van der Waals surface area (Å²) in [5.74, 6) is -1.72. The van der Waals surface area contributed by atoms with Crippen molar-refractivity contribution in [3.05, 3.63) is 91.0 Å². The Balaban J connectivity index is 1.44. The molecule has 0 atom stereocenters. The third-order valence-corrected chi connectivity index (χ3v) is 7.09. The SMILES string of the molecule is Cc1ccc(-c2ccc(C=C3SC(=S)N(N4C(=O)c5cccc([N+](=O)[O-])c5C4=O)C3=O)o2)cc1Cl. The standard InChI is InChI=1S/C23H12ClN3O6S2/c1-11-5-6-12(9-15(11)24)17-8-7-13(33-17)10-18-21(29)26(23(34)35-18)25-20(28)14-3-2-4-16(27(31)32)19(14)22(25)30/h2-10H,1H3. The van der Waals surface area contributed by atoms with Crippen molar-refractivity contribution in [2.45, 2.75) is 6.92 Å². The minimum atomic E-state index is -0.994. The number of amides is 3. The Morgan fingerprint density at radius 3 is 2.54 bits per heavy atom. The number of furan rings is 1. The van der Waals surface area contributed by atoms with Gasteiger partial charge in [0.2, 0.25) is 0 Å². The van der Waals surface area contributed by atoms with Crippen molar-refractivity contribution in [2.75, 3.05) is 0 Å². The number of hydrogen-bond donors (Lipinski definition) is 0. The molecule has 1 saturated heterocycles. The number of hydrogen-bond acceptors (Lipinski definition) is 8. The van der Waals surface area contributed by atoms with Crippen molar-refractivity contribution in [1.82, 2.24) is 10.0 Å². The van der Waals surface area contributed by atoms with Crippen LogP contribution in [-0.4, -0.2) is 37.0 Å². The number of carbonyl (C=O) groups is 3. The van der Waals surface area contributed by atoms with E-state index in [-0.39, 0.29) is 20.4 Å². The zero-order chi connectivity index (χ0) is 25.0. The Morgan fingerprint density at radius 1 is 1.06 bits per heavy atom. The summed E-state index contributed by atoms with van der Waals surface area (Å²) in [6.45, 7) is 1.88. The Kier molecular flexibility index (Phi) is 5.55. The quantitative estimate of drug-likeness (QED) is 0.149. The second-order valence-electron chi connectivity index (χ2n) is 7.54. The van der Waals surface area contributed by atoms with Gasteiger partial charge in [0.15, 0.2) is 4.32 Å². The lowest BCUT2D eigenvalue weighted by Gasteiger charge is -2.23. The van der Waals surface area contributed by atoms with E-state index in [1.54, 1.807) is 18.2 Å². The predicted molar refractivity (Wildman–Crippen MR) is 132 cm³/mol. The molecule has 3 aromatic rings. The molecule has 0 radical (unpaired) electrons. The zero-order valence-electron chi connectivity index (χ0n) is 17.7. The number of benzene rings is 2. The first-order chi connectivity index (χ1) is 16.7. The summed E-state index contributed by atoms with van der Waals surface area (Å²) in [4.78, 5) is 49.7. The van der Waals surface area contributed by atoms with Gasteiger partial charge in [-0.25, -0.2) is 0 Å². The van der Waals surface area contributed by atoms with Crippen molar-refractivity contribution in [3.63, 3.8) is 0 Å². The predicted octanol–water partition coefficient (Wildman–Crippen LogP) is 5.23. The van der Waals surface area contributed by atoms with Crippen molar-refractivity contribution < 1.29 is 23.7 Å². The molecule has 9 nitrogen and oxygen atoms in total. The fourth-order valence-electron chi connectivity index (χ4n) is 3.68. The molecule has 12 heteroatoms. The number of nitrogens with zero attached hydrogens (tertiary/aromatic N) is 3. The van der Waals surface area contributed by atoms with Crippen LogP contribution in [0.4, 0.5) is 5.69 Å². The van der Waals surface area contributed by atoms with E-state index >= 15 is 0 Å². The van der Waals surface area contributed by atoms with E-state index in [2.05, 4.69) is 0 Å². The maximum Gasteiger partial charge on any atom is 0.288 e. The van der Waals surface area contributed by atoms with Gasteiger partial charge in [0.1, 0.15) is 17.1 Å². The van der Waals surface area contributed by atoms with Crippen molar-refractivity contribution in [3.8, 4) is 11.3 Å². The molecule has 5 rings (SSSR count). The minimum Gasteiger partial charge on any atom is -0.457 e. The highest BCUT2D eigenvalue weighted by atomic mass is 35.5. The Labute approximate surface area is 212 Å². The number of thioether (sulfide) groups is 1. The third kappa shape index (κ3) is 3.73. The molecule has 3 heterocycles. The fraction of sp³-hybridized carbons (Fsp3) is 0.0435. The molecule has 0 bridgehead atoms. The molecule has 2 aromatic carbocycles. The largest absolute Gasteiger partial charge is 0.457 e. The van der Waals surface area contributed by atoms with Crippen LogP contribution in [0.2, 0.25) is 5.02 Å². The van der Waals surface area contributed by atoms with Gasteiger partial charge < -0.3 is 4.42 Å². The van der Waals surface area contributed by atoms with Crippen LogP contribution >= 0.6 is 35.6 Å². The van der Waals surface area contributed by atoms with Gasteiger partial charge in [-0.3, -0.25) is 24.5 Å². The molecule has 0 saturated carbocycles. The molecule has 0 N–H and O–H groups in total. The monoisotopic (exact) mass is 525 g/mol. The van der Waals surface area contributed by atoms with Crippen LogP contribution in [-0.2, 0) is 4.79 Å². The molecule has 0 aliphatic carbocycles. The molecule has 3 amide bonds. The zero-order valence-corrected chi connectivity index (χ0v) is 20.1. The number of halogens is 1. The number of hydrazine groups is 1. The van der Waals surface area contributed by atoms with Crippen molar-refractivity contribution >= 4 is 69.4 Å². The maximum absolute atomic E-state index is 13.1. The van der Waals surface area contributed by atoms with Crippen LogP contribution < -0.4 is 0 Å². The average molecular weight is 526 g/mol. The number of carbonyl (C=O) groups excluding carboxylic acids is 3. The molecule has 1 fully saturated rings. The van der Waals surface area contributed by atoms with E-state index < -0.39 is 28.3 Å². The number of imide groups is 1. The summed E-state index contributed by atoms with van der Waals surface area (Å²) in [6.07, 6.45) is 1.44. The van der Waals surface area contributed by atoms with Crippen molar-refractivity contribution in [2.24, 2.45) is 0 Å². The topological polar surface area (TPSA) is 114 Å². The Hall–Kier alpha value is -3.80. The highest BCUT2D eigenvalue weighted by Crippen LogP contribution is 2.39. The van der Waals surface area contributed by atoms with Gasteiger partial charge in [-0.15, -0.1) is 0 Å². The highest BCUT2D eigenvalue weighted by Gasteiger charge is 2.49. The van der Waals surface area contributed by atoms with Crippen molar-refractivity contribution in [1.29, 1.82) is 0 Å². The van der Waals surface area contributed by atoms with Gasteiger partial charge in [-0.1, -0.05) is 41.6 Å². The summed E-state index contributed by atoms with van der Waals surface area (Å²) in [7, 11) is 0. The number of nitro benzene ring substituents is 1. The third-order valence-electron chi connectivity index (χ3n) is 5.40. The molecule has 35 heavy (non-hydrogen) atoms. The van der Waals surface area contributed by atoms with Crippen LogP contribution in [0.3, 0.4) is 0 Å². The lowest BCUT2D eigenvalue weighted by atomic mass is 10.1. The van der Waals surface area contributed by atoms with Gasteiger partial charge in [-0.05, 0) is 49.0 Å². The van der Waals surface area contributed by atoms with E-state index in [0.717, 1.165) is 34.0 Å². The summed E-state index contributed by atoms with van der Waals surface area (Å²) in [5.41, 5.74) is 0.594. The first-order valence-corrected chi connectivity index (χ1v) is 11.6. The molecule has 2 aliphatic rings.